The molecular weight excluding hydrogens is 578 g/mol. The van der Waals surface area contributed by atoms with Gasteiger partial charge in [0.1, 0.15) is 22.8 Å². The molecule has 0 unspecified atom stereocenters. The number of hydrogen-bond donors (Lipinski definition) is 1. The van der Waals surface area contributed by atoms with Gasteiger partial charge in [-0.25, -0.2) is 14.6 Å². The molecular formula is C32H45N7O6. The van der Waals surface area contributed by atoms with Crippen LogP contribution in [0.4, 0.5) is 26.9 Å². The number of nitrogens with zero attached hydrogens (tertiary/aromatic N) is 6. The summed E-state index contributed by atoms with van der Waals surface area (Å²) in [5, 5.41) is 19.5. The third-order valence-corrected chi connectivity index (χ3v) is 7.46. The molecule has 0 radical (unpaired) electrons. The van der Waals surface area contributed by atoms with Crippen molar-refractivity contribution >= 4 is 35.2 Å². The predicted octanol–water partition coefficient (Wildman–Crippen LogP) is 6.73. The molecule has 2 amide bonds. The highest BCUT2D eigenvalue weighted by atomic mass is 16.6. The molecule has 45 heavy (non-hydrogen) atoms. The zero-order valence-corrected chi connectivity index (χ0v) is 27.7. The molecule has 1 fully saturated rings. The number of aromatic nitrogens is 3. The van der Waals surface area contributed by atoms with E-state index in [0.29, 0.717) is 35.8 Å². The maximum atomic E-state index is 13.7. The maximum Gasteiger partial charge on any atom is 0.416 e. The van der Waals surface area contributed by atoms with Crippen LogP contribution >= 0.6 is 0 Å². The second kappa shape index (κ2) is 12.5. The van der Waals surface area contributed by atoms with Gasteiger partial charge in [0, 0.05) is 41.9 Å². The summed E-state index contributed by atoms with van der Waals surface area (Å²) in [6, 6.07) is 7.72. The molecule has 3 aromatic rings. The number of carbonyl (C=O) groups excluding carboxylic acids is 2. The third-order valence-electron chi connectivity index (χ3n) is 7.46. The molecule has 244 valence electrons. The Morgan fingerprint density at radius 1 is 1.13 bits per heavy atom. The lowest BCUT2D eigenvalue weighted by Crippen LogP contribution is -2.57. The number of amides is 2. The second-order valence-electron chi connectivity index (χ2n) is 14.0. The van der Waals surface area contributed by atoms with Gasteiger partial charge in [-0.05, 0) is 80.2 Å². The first kappa shape index (κ1) is 33.5. The minimum absolute atomic E-state index is 0.0134. The van der Waals surface area contributed by atoms with Gasteiger partial charge >= 0.3 is 12.2 Å². The molecule has 4 rings (SSSR count). The van der Waals surface area contributed by atoms with Gasteiger partial charge in [0.2, 0.25) is 0 Å². The van der Waals surface area contributed by atoms with Crippen LogP contribution in [0.15, 0.2) is 36.5 Å². The minimum Gasteiger partial charge on any atom is -0.444 e. The van der Waals surface area contributed by atoms with E-state index in [-0.39, 0.29) is 24.4 Å². The van der Waals surface area contributed by atoms with Crippen molar-refractivity contribution in [2.45, 2.75) is 111 Å². The molecule has 0 aliphatic carbocycles. The first-order valence-electron chi connectivity index (χ1n) is 15.3. The van der Waals surface area contributed by atoms with Crippen LogP contribution in [-0.4, -0.2) is 65.9 Å². The summed E-state index contributed by atoms with van der Waals surface area (Å²) in [6.07, 6.45) is 2.86. The average Bonchev–Trinajstić information content (AvgIpc) is 3.33. The largest absolute Gasteiger partial charge is 0.444 e. The molecule has 13 nitrogen and oxygen atoms in total. The van der Waals surface area contributed by atoms with Crippen molar-refractivity contribution in [2.24, 2.45) is 0 Å². The molecule has 1 aliphatic rings. The smallest absolute Gasteiger partial charge is 0.416 e. The predicted molar refractivity (Wildman–Crippen MR) is 172 cm³/mol. The molecule has 0 saturated carbocycles. The average molecular weight is 624 g/mol. The van der Waals surface area contributed by atoms with Gasteiger partial charge < -0.3 is 19.7 Å². The topological polar surface area (TPSA) is 144 Å². The van der Waals surface area contributed by atoms with E-state index in [2.05, 4.69) is 10.4 Å². The summed E-state index contributed by atoms with van der Waals surface area (Å²) in [5.41, 5.74) is 0.0723. The van der Waals surface area contributed by atoms with E-state index in [0.717, 1.165) is 18.4 Å². The van der Waals surface area contributed by atoms with Crippen LogP contribution in [0.2, 0.25) is 0 Å². The standard InChI is InChI=1S/C32H45N7O6/c1-10-22-18-33-38-26(36(28(40)44-30(2,3)4)19-21-12-11-13-24(16-21)39(42)43)17-25(35-27(22)38)34-23-14-15-32(8,9)37(20-23)29(41)45-31(5,6)7/h11-13,16-18,23H,10,14-15,19-20H2,1-9H3,(H,34,35)/t23-/m0/s1. The van der Waals surface area contributed by atoms with Gasteiger partial charge in [-0.1, -0.05) is 19.1 Å². The third kappa shape index (κ3) is 8.20. The fourth-order valence-corrected chi connectivity index (χ4v) is 5.20. The number of fused-ring (bicyclic) bond motifs is 1. The lowest BCUT2D eigenvalue weighted by Gasteiger charge is -2.45. The molecule has 0 bridgehead atoms. The molecule has 1 saturated heterocycles. The van der Waals surface area contributed by atoms with E-state index >= 15 is 0 Å². The summed E-state index contributed by atoms with van der Waals surface area (Å²) in [5.74, 6) is 0.872. The van der Waals surface area contributed by atoms with E-state index in [1.54, 1.807) is 54.6 Å². The molecule has 1 atom stereocenters. The van der Waals surface area contributed by atoms with Gasteiger partial charge in [0.15, 0.2) is 5.65 Å². The van der Waals surface area contributed by atoms with E-state index in [1.807, 2.05) is 41.5 Å². The van der Waals surface area contributed by atoms with Crippen molar-refractivity contribution in [3.8, 4) is 0 Å². The summed E-state index contributed by atoms with van der Waals surface area (Å²) in [4.78, 5) is 46.0. The van der Waals surface area contributed by atoms with Crippen LogP contribution in [0.1, 0.15) is 86.3 Å². The van der Waals surface area contributed by atoms with Crippen molar-refractivity contribution in [3.05, 3.63) is 57.8 Å². The molecule has 1 aliphatic heterocycles. The second-order valence-corrected chi connectivity index (χ2v) is 14.0. The molecule has 1 N–H and O–H groups in total. The fourth-order valence-electron chi connectivity index (χ4n) is 5.20. The van der Waals surface area contributed by atoms with Crippen molar-refractivity contribution in [2.75, 3.05) is 16.8 Å². The number of anilines is 2. The van der Waals surface area contributed by atoms with Gasteiger partial charge in [-0.15, -0.1) is 0 Å². The maximum absolute atomic E-state index is 13.7. The van der Waals surface area contributed by atoms with Crippen molar-refractivity contribution in [3.63, 3.8) is 0 Å². The summed E-state index contributed by atoms with van der Waals surface area (Å²) in [7, 11) is 0. The van der Waals surface area contributed by atoms with Crippen LogP contribution in [0, 0.1) is 10.1 Å². The Morgan fingerprint density at radius 3 is 2.44 bits per heavy atom. The number of hydrogen-bond acceptors (Lipinski definition) is 9. The highest BCUT2D eigenvalue weighted by Crippen LogP contribution is 2.32. The van der Waals surface area contributed by atoms with Crippen LogP contribution in [0.3, 0.4) is 0 Å². The fraction of sp³-hybridized carbons (Fsp3) is 0.562. The van der Waals surface area contributed by atoms with Crippen molar-refractivity contribution < 1.29 is 24.0 Å². The minimum atomic E-state index is -0.802. The Bertz CT molecular complexity index is 1570. The number of nitro groups is 1. The highest BCUT2D eigenvalue weighted by molar-refractivity contribution is 5.88. The number of likely N-dealkylation sites (tertiary alicyclic amines) is 1. The van der Waals surface area contributed by atoms with Crippen LogP contribution < -0.4 is 10.2 Å². The van der Waals surface area contributed by atoms with Gasteiger partial charge in [-0.3, -0.25) is 15.0 Å². The number of non-ortho nitro benzene ring substituents is 1. The molecule has 3 heterocycles. The number of nitro benzene ring substituents is 1. The van der Waals surface area contributed by atoms with Gasteiger partial charge in [0.25, 0.3) is 5.69 Å². The van der Waals surface area contributed by atoms with Crippen LogP contribution in [-0.2, 0) is 22.4 Å². The lowest BCUT2D eigenvalue weighted by atomic mass is 9.88. The van der Waals surface area contributed by atoms with Crippen LogP contribution in [0.5, 0.6) is 0 Å². The van der Waals surface area contributed by atoms with Crippen LogP contribution in [0.25, 0.3) is 5.65 Å². The summed E-state index contributed by atoms with van der Waals surface area (Å²) in [6.45, 7) is 17.3. The number of nitrogens with one attached hydrogen (secondary N) is 1. The van der Waals surface area contributed by atoms with E-state index < -0.39 is 27.8 Å². The Balaban J connectivity index is 1.75. The van der Waals surface area contributed by atoms with Gasteiger partial charge in [0.05, 0.1) is 17.7 Å². The zero-order valence-electron chi connectivity index (χ0n) is 27.7. The zero-order chi connectivity index (χ0) is 33.3. The number of rotatable bonds is 7. The Hall–Kier alpha value is -4.42. The Morgan fingerprint density at radius 2 is 1.82 bits per heavy atom. The Labute approximate surface area is 264 Å². The number of piperidine rings is 1. The first-order valence-corrected chi connectivity index (χ1v) is 15.3. The van der Waals surface area contributed by atoms with E-state index in [9.17, 15) is 19.7 Å². The lowest BCUT2D eigenvalue weighted by molar-refractivity contribution is -0.384. The summed E-state index contributed by atoms with van der Waals surface area (Å²) < 4.78 is 13.1. The van der Waals surface area contributed by atoms with E-state index in [1.165, 1.54) is 17.0 Å². The highest BCUT2D eigenvalue weighted by Gasteiger charge is 2.40. The van der Waals surface area contributed by atoms with Crippen molar-refractivity contribution in [1.29, 1.82) is 0 Å². The Kier molecular flexibility index (Phi) is 9.32. The monoisotopic (exact) mass is 623 g/mol. The number of aryl methyl sites for hydroxylation is 1. The quantitative estimate of drug-likeness (QED) is 0.224. The first-order chi connectivity index (χ1) is 20.9. The van der Waals surface area contributed by atoms with Crippen molar-refractivity contribution in [1.82, 2.24) is 19.5 Å². The molecule has 13 heteroatoms. The number of ether oxygens (including phenoxy) is 2. The summed E-state index contributed by atoms with van der Waals surface area (Å²) >= 11 is 0. The van der Waals surface area contributed by atoms with Gasteiger partial charge in [-0.2, -0.15) is 9.61 Å². The number of carbonyl (C=O) groups is 2. The number of benzene rings is 1. The van der Waals surface area contributed by atoms with E-state index in [4.69, 9.17) is 14.5 Å². The SMILES string of the molecule is CCc1cnn2c(N(Cc3cccc([N+](=O)[O-])c3)C(=O)OC(C)(C)C)cc(N[C@H]3CCC(C)(C)N(C(=O)OC(C)(C)C)C3)nc12. The molecule has 1 aromatic carbocycles. The normalized spacial score (nSPS) is 16.7. The molecule has 0 spiro atoms. The molecule has 2 aromatic heterocycles.